The molecular formula is C14H14F3N5. The van der Waals surface area contributed by atoms with Crippen molar-refractivity contribution in [2.75, 3.05) is 22.9 Å². The molecule has 0 atom stereocenters. The minimum atomic E-state index is -4.37. The predicted molar refractivity (Wildman–Crippen MR) is 79.9 cm³/mol. The molecule has 1 heterocycles. The number of benzene rings is 1. The van der Waals surface area contributed by atoms with Gasteiger partial charge in [-0.3, -0.25) is 0 Å². The summed E-state index contributed by atoms with van der Waals surface area (Å²) >= 11 is 0. The van der Waals surface area contributed by atoms with E-state index in [-0.39, 0.29) is 5.69 Å². The van der Waals surface area contributed by atoms with Gasteiger partial charge in [-0.1, -0.05) is 6.08 Å². The minimum Gasteiger partial charge on any atom is -0.393 e. The van der Waals surface area contributed by atoms with Crippen LogP contribution in [0.25, 0.3) is 0 Å². The molecule has 0 aliphatic rings. The van der Waals surface area contributed by atoms with Crippen LogP contribution in [0.15, 0.2) is 43.2 Å². The number of anilines is 4. The second-order valence-electron chi connectivity index (χ2n) is 4.35. The smallest absolute Gasteiger partial charge is 0.393 e. The lowest BCUT2D eigenvalue weighted by Gasteiger charge is -2.12. The molecule has 5 nitrogen and oxygen atoms in total. The fraction of sp³-hybridized carbons (Fsp3) is 0.143. The zero-order valence-corrected chi connectivity index (χ0v) is 11.5. The lowest BCUT2D eigenvalue weighted by Crippen LogP contribution is -2.08. The first-order valence-corrected chi connectivity index (χ1v) is 6.31. The summed E-state index contributed by atoms with van der Waals surface area (Å²) in [5.74, 6) is 0.727. The molecule has 116 valence electrons. The zero-order valence-electron chi connectivity index (χ0n) is 11.5. The van der Waals surface area contributed by atoms with Gasteiger partial charge in [0.1, 0.15) is 12.0 Å². The van der Waals surface area contributed by atoms with Crippen LogP contribution in [0.4, 0.5) is 36.2 Å². The molecular weight excluding hydrogens is 295 g/mol. The number of alkyl halides is 3. The SMILES string of the molecule is C=CCNc1ncnc(Nc2ccc(C(F)(F)F)cc2)c1N. The number of nitrogens with one attached hydrogen (secondary N) is 2. The van der Waals surface area contributed by atoms with Gasteiger partial charge >= 0.3 is 6.18 Å². The van der Waals surface area contributed by atoms with Gasteiger partial charge in [-0.25, -0.2) is 9.97 Å². The summed E-state index contributed by atoms with van der Waals surface area (Å²) in [5.41, 5.74) is 5.89. The lowest BCUT2D eigenvalue weighted by atomic mass is 10.2. The molecule has 0 aliphatic heterocycles. The number of nitrogens with zero attached hydrogens (tertiary/aromatic N) is 2. The Labute approximate surface area is 125 Å². The maximum atomic E-state index is 12.5. The Kier molecular flexibility index (Phi) is 4.50. The zero-order chi connectivity index (χ0) is 16.2. The number of hydrogen-bond acceptors (Lipinski definition) is 5. The van der Waals surface area contributed by atoms with Gasteiger partial charge in [0, 0.05) is 12.2 Å². The van der Waals surface area contributed by atoms with Crippen molar-refractivity contribution in [2.45, 2.75) is 6.18 Å². The van der Waals surface area contributed by atoms with Crippen LogP contribution in [-0.2, 0) is 6.18 Å². The second-order valence-corrected chi connectivity index (χ2v) is 4.35. The van der Waals surface area contributed by atoms with Crippen molar-refractivity contribution in [2.24, 2.45) is 0 Å². The molecule has 0 saturated carbocycles. The van der Waals surface area contributed by atoms with Crippen LogP contribution in [0.1, 0.15) is 5.56 Å². The number of nitrogens with two attached hydrogens (primary N) is 1. The van der Waals surface area contributed by atoms with E-state index in [4.69, 9.17) is 5.73 Å². The summed E-state index contributed by atoms with van der Waals surface area (Å²) in [4.78, 5) is 7.96. The van der Waals surface area contributed by atoms with Gasteiger partial charge in [0.25, 0.3) is 0 Å². The Morgan fingerprint density at radius 3 is 2.36 bits per heavy atom. The van der Waals surface area contributed by atoms with E-state index in [1.165, 1.54) is 18.5 Å². The topological polar surface area (TPSA) is 75.9 Å². The van der Waals surface area contributed by atoms with Crippen LogP contribution in [-0.4, -0.2) is 16.5 Å². The van der Waals surface area contributed by atoms with Crippen LogP contribution in [0.2, 0.25) is 0 Å². The third kappa shape index (κ3) is 3.66. The third-order valence-corrected chi connectivity index (χ3v) is 2.77. The van der Waals surface area contributed by atoms with Crippen molar-refractivity contribution in [3.05, 3.63) is 48.8 Å². The van der Waals surface area contributed by atoms with E-state index in [0.717, 1.165) is 12.1 Å². The molecule has 1 aromatic carbocycles. The van der Waals surface area contributed by atoms with E-state index in [9.17, 15) is 13.2 Å². The van der Waals surface area contributed by atoms with Gasteiger partial charge in [-0.15, -0.1) is 6.58 Å². The van der Waals surface area contributed by atoms with E-state index in [1.54, 1.807) is 6.08 Å². The molecule has 22 heavy (non-hydrogen) atoms. The van der Waals surface area contributed by atoms with Crippen LogP contribution in [0.5, 0.6) is 0 Å². The van der Waals surface area contributed by atoms with Crippen molar-refractivity contribution in [3.63, 3.8) is 0 Å². The molecule has 0 saturated heterocycles. The molecule has 0 spiro atoms. The van der Waals surface area contributed by atoms with Crippen molar-refractivity contribution < 1.29 is 13.2 Å². The Hall–Kier alpha value is -2.77. The van der Waals surface area contributed by atoms with Gasteiger partial charge in [-0.2, -0.15) is 13.2 Å². The molecule has 0 fully saturated rings. The van der Waals surface area contributed by atoms with Crippen LogP contribution in [0, 0.1) is 0 Å². The summed E-state index contributed by atoms with van der Waals surface area (Å²) in [5, 5.41) is 5.79. The highest BCUT2D eigenvalue weighted by atomic mass is 19.4. The first-order chi connectivity index (χ1) is 10.4. The summed E-state index contributed by atoms with van der Waals surface area (Å²) in [6.45, 7) is 4.04. The Morgan fingerprint density at radius 1 is 1.14 bits per heavy atom. The van der Waals surface area contributed by atoms with E-state index in [2.05, 4.69) is 27.2 Å². The van der Waals surface area contributed by atoms with E-state index < -0.39 is 11.7 Å². The summed E-state index contributed by atoms with van der Waals surface area (Å²) in [7, 11) is 0. The van der Waals surface area contributed by atoms with Crippen molar-refractivity contribution >= 4 is 23.0 Å². The quantitative estimate of drug-likeness (QED) is 0.738. The first-order valence-electron chi connectivity index (χ1n) is 6.31. The van der Waals surface area contributed by atoms with E-state index >= 15 is 0 Å². The molecule has 0 radical (unpaired) electrons. The molecule has 8 heteroatoms. The van der Waals surface area contributed by atoms with Gasteiger partial charge in [0.15, 0.2) is 11.6 Å². The molecule has 0 bridgehead atoms. The lowest BCUT2D eigenvalue weighted by molar-refractivity contribution is -0.137. The molecule has 0 aliphatic carbocycles. The number of nitrogen functional groups attached to an aromatic ring is 1. The molecule has 0 unspecified atom stereocenters. The van der Waals surface area contributed by atoms with E-state index in [0.29, 0.717) is 23.9 Å². The summed E-state index contributed by atoms with van der Waals surface area (Å²) in [6, 6.07) is 4.58. The number of rotatable bonds is 5. The number of halogens is 3. The largest absolute Gasteiger partial charge is 0.416 e. The van der Waals surface area contributed by atoms with Gasteiger partial charge in [0.2, 0.25) is 0 Å². The van der Waals surface area contributed by atoms with Crippen LogP contribution >= 0.6 is 0 Å². The second kappa shape index (κ2) is 6.33. The Morgan fingerprint density at radius 2 is 1.77 bits per heavy atom. The predicted octanol–water partition coefficient (Wildman–Crippen LogP) is 3.42. The highest BCUT2D eigenvalue weighted by Gasteiger charge is 2.29. The van der Waals surface area contributed by atoms with Gasteiger partial charge < -0.3 is 16.4 Å². The first kappa shape index (κ1) is 15.6. The third-order valence-electron chi connectivity index (χ3n) is 2.77. The Balaban J connectivity index is 2.18. The summed E-state index contributed by atoms with van der Waals surface area (Å²) in [6.07, 6.45) is -1.42. The summed E-state index contributed by atoms with van der Waals surface area (Å²) < 4.78 is 37.5. The van der Waals surface area contributed by atoms with Crippen molar-refractivity contribution in [1.29, 1.82) is 0 Å². The normalized spacial score (nSPS) is 11.0. The van der Waals surface area contributed by atoms with Crippen LogP contribution < -0.4 is 16.4 Å². The van der Waals surface area contributed by atoms with Crippen LogP contribution in [0.3, 0.4) is 0 Å². The molecule has 4 N–H and O–H groups in total. The molecule has 1 aromatic heterocycles. The monoisotopic (exact) mass is 309 g/mol. The van der Waals surface area contributed by atoms with Gasteiger partial charge in [-0.05, 0) is 24.3 Å². The average Bonchev–Trinajstić information content (AvgIpc) is 2.48. The minimum absolute atomic E-state index is 0.268. The molecule has 0 amide bonds. The highest BCUT2D eigenvalue weighted by molar-refractivity contribution is 5.77. The fourth-order valence-electron chi connectivity index (χ4n) is 1.68. The van der Waals surface area contributed by atoms with E-state index in [1.807, 2.05) is 0 Å². The fourth-order valence-corrected chi connectivity index (χ4v) is 1.68. The number of hydrogen-bond donors (Lipinski definition) is 3. The molecule has 2 aromatic rings. The molecule has 2 rings (SSSR count). The standard InChI is InChI=1S/C14H14F3N5/c1-2-7-19-12-11(18)13(21-8-20-12)22-10-5-3-9(4-6-10)14(15,16)17/h2-6,8H,1,7,18H2,(H2,19,20,21,22). The van der Waals surface area contributed by atoms with Crippen molar-refractivity contribution in [3.8, 4) is 0 Å². The van der Waals surface area contributed by atoms with Gasteiger partial charge in [0.05, 0.1) is 5.56 Å². The maximum Gasteiger partial charge on any atom is 0.416 e. The maximum absolute atomic E-state index is 12.5. The highest BCUT2D eigenvalue weighted by Crippen LogP contribution is 2.31. The van der Waals surface area contributed by atoms with Crippen molar-refractivity contribution in [1.82, 2.24) is 9.97 Å². The Bertz CT molecular complexity index is 653. The average molecular weight is 309 g/mol. The number of aromatic nitrogens is 2.